The van der Waals surface area contributed by atoms with Crippen LogP contribution in [0.25, 0.3) is 0 Å². The Labute approximate surface area is 125 Å². The summed E-state index contributed by atoms with van der Waals surface area (Å²) in [5.74, 6) is 1.42. The average Bonchev–Trinajstić information content (AvgIpc) is 2.18. The first-order chi connectivity index (χ1) is 8.41. The summed E-state index contributed by atoms with van der Waals surface area (Å²) in [6, 6.07) is 0. The predicted octanol–water partition coefficient (Wildman–Crippen LogP) is 5.32. The molecule has 0 aliphatic heterocycles. The maximum absolute atomic E-state index is 5.94. The van der Waals surface area contributed by atoms with Crippen LogP contribution in [0.5, 0.6) is 0 Å². The standard InChI is InChI=1S/C16H34O2S/c1-14(2,3)9-10-16(7,8)18-13-19-12-17-11-15(4,5)6/h9-13H2,1-8H3. The van der Waals surface area contributed by atoms with Gasteiger partial charge < -0.3 is 9.47 Å². The molecule has 0 rings (SSSR count). The van der Waals surface area contributed by atoms with Crippen molar-refractivity contribution in [3.8, 4) is 0 Å². The third-order valence-electron chi connectivity index (χ3n) is 2.71. The van der Waals surface area contributed by atoms with Crippen molar-refractivity contribution in [3.05, 3.63) is 0 Å². The first-order valence-electron chi connectivity index (χ1n) is 7.21. The Kier molecular flexibility index (Phi) is 8.01. The Morgan fingerprint density at radius 2 is 1.32 bits per heavy atom. The fourth-order valence-corrected chi connectivity index (χ4v) is 2.06. The summed E-state index contributed by atoms with van der Waals surface area (Å²) < 4.78 is 11.6. The molecule has 0 unspecified atom stereocenters. The van der Waals surface area contributed by atoms with Crippen LogP contribution >= 0.6 is 11.8 Å². The zero-order valence-electron chi connectivity index (χ0n) is 14.3. The van der Waals surface area contributed by atoms with E-state index in [0.29, 0.717) is 17.3 Å². The quantitative estimate of drug-likeness (QED) is 0.445. The van der Waals surface area contributed by atoms with E-state index in [0.717, 1.165) is 13.0 Å². The van der Waals surface area contributed by atoms with E-state index in [-0.39, 0.29) is 11.0 Å². The maximum Gasteiger partial charge on any atom is 0.0950 e. The molecule has 0 spiro atoms. The second kappa shape index (κ2) is 7.90. The average molecular weight is 291 g/mol. The summed E-state index contributed by atoms with van der Waals surface area (Å²) in [6.07, 6.45) is 2.28. The van der Waals surface area contributed by atoms with Crippen molar-refractivity contribution in [2.24, 2.45) is 10.8 Å². The van der Waals surface area contributed by atoms with Crippen LogP contribution in [0.4, 0.5) is 0 Å². The maximum atomic E-state index is 5.94. The van der Waals surface area contributed by atoms with E-state index in [1.807, 2.05) is 0 Å². The fraction of sp³-hybridized carbons (Fsp3) is 1.00. The molecule has 0 aliphatic carbocycles. The van der Waals surface area contributed by atoms with E-state index >= 15 is 0 Å². The van der Waals surface area contributed by atoms with Crippen LogP contribution in [0, 0.1) is 10.8 Å². The van der Waals surface area contributed by atoms with Crippen LogP contribution in [0.3, 0.4) is 0 Å². The van der Waals surface area contributed by atoms with Crippen molar-refractivity contribution in [2.75, 3.05) is 18.5 Å². The topological polar surface area (TPSA) is 18.5 Å². The Morgan fingerprint density at radius 1 is 0.737 bits per heavy atom. The largest absolute Gasteiger partial charge is 0.370 e. The highest BCUT2D eigenvalue weighted by molar-refractivity contribution is 7.98. The molecule has 116 valence electrons. The van der Waals surface area contributed by atoms with E-state index in [1.54, 1.807) is 11.8 Å². The van der Waals surface area contributed by atoms with Crippen LogP contribution < -0.4 is 0 Å². The molecule has 0 fully saturated rings. The molecule has 0 aliphatic rings. The van der Waals surface area contributed by atoms with Gasteiger partial charge in [0, 0.05) is 0 Å². The Bertz CT molecular complexity index is 236. The number of hydrogen-bond acceptors (Lipinski definition) is 3. The van der Waals surface area contributed by atoms with Gasteiger partial charge in [-0.3, -0.25) is 0 Å². The van der Waals surface area contributed by atoms with Gasteiger partial charge in [0.25, 0.3) is 0 Å². The van der Waals surface area contributed by atoms with Gasteiger partial charge in [-0.25, -0.2) is 0 Å². The van der Waals surface area contributed by atoms with Crippen molar-refractivity contribution in [1.82, 2.24) is 0 Å². The highest BCUT2D eigenvalue weighted by Crippen LogP contribution is 2.28. The summed E-state index contributed by atoms with van der Waals surface area (Å²) >= 11 is 1.71. The molecule has 2 nitrogen and oxygen atoms in total. The second-order valence-corrected chi connectivity index (χ2v) is 9.19. The molecule has 19 heavy (non-hydrogen) atoms. The Hall–Kier alpha value is 0.270. The minimum Gasteiger partial charge on any atom is -0.370 e. The number of hydrogen-bond donors (Lipinski definition) is 0. The molecule has 0 bridgehead atoms. The lowest BCUT2D eigenvalue weighted by atomic mass is 9.86. The van der Waals surface area contributed by atoms with Crippen LogP contribution in [0.1, 0.15) is 68.2 Å². The molecule has 3 heteroatoms. The lowest BCUT2D eigenvalue weighted by Crippen LogP contribution is -2.26. The van der Waals surface area contributed by atoms with Crippen molar-refractivity contribution in [3.63, 3.8) is 0 Å². The van der Waals surface area contributed by atoms with E-state index in [4.69, 9.17) is 9.47 Å². The van der Waals surface area contributed by atoms with Crippen molar-refractivity contribution in [2.45, 2.75) is 73.8 Å². The number of rotatable bonds is 8. The normalized spacial score (nSPS) is 13.9. The molecule has 0 aromatic rings. The third kappa shape index (κ3) is 14.5. The van der Waals surface area contributed by atoms with Gasteiger partial charge in [0.1, 0.15) is 0 Å². The zero-order valence-corrected chi connectivity index (χ0v) is 15.1. The number of ether oxygens (including phenoxy) is 2. The van der Waals surface area contributed by atoms with Crippen LogP contribution in [-0.2, 0) is 9.47 Å². The first-order valence-corrected chi connectivity index (χ1v) is 8.36. The molecule has 0 N–H and O–H groups in total. The van der Waals surface area contributed by atoms with Gasteiger partial charge in [0.05, 0.1) is 24.1 Å². The lowest BCUT2D eigenvalue weighted by molar-refractivity contribution is -0.00335. The monoisotopic (exact) mass is 290 g/mol. The van der Waals surface area contributed by atoms with Crippen LogP contribution in [0.15, 0.2) is 0 Å². The van der Waals surface area contributed by atoms with Crippen LogP contribution in [-0.4, -0.2) is 24.1 Å². The summed E-state index contributed by atoms with van der Waals surface area (Å²) in [7, 11) is 0. The van der Waals surface area contributed by atoms with Crippen molar-refractivity contribution in [1.29, 1.82) is 0 Å². The first kappa shape index (κ1) is 19.3. The van der Waals surface area contributed by atoms with E-state index in [2.05, 4.69) is 55.4 Å². The fourth-order valence-electron chi connectivity index (χ4n) is 1.39. The van der Waals surface area contributed by atoms with E-state index in [9.17, 15) is 0 Å². The molecule has 0 saturated carbocycles. The summed E-state index contributed by atoms with van der Waals surface area (Å²) in [5.41, 5.74) is 0.585. The highest BCUT2D eigenvalue weighted by atomic mass is 32.2. The molecule has 0 amide bonds. The minimum atomic E-state index is -0.0374. The third-order valence-corrected chi connectivity index (χ3v) is 3.33. The molecule has 0 atom stereocenters. The van der Waals surface area contributed by atoms with Gasteiger partial charge in [-0.15, -0.1) is 11.8 Å². The van der Waals surface area contributed by atoms with Gasteiger partial charge in [0.15, 0.2) is 0 Å². The van der Waals surface area contributed by atoms with Gasteiger partial charge in [-0.05, 0) is 37.5 Å². The van der Waals surface area contributed by atoms with E-state index in [1.165, 1.54) is 6.42 Å². The van der Waals surface area contributed by atoms with Gasteiger partial charge >= 0.3 is 0 Å². The van der Waals surface area contributed by atoms with Gasteiger partial charge in [-0.1, -0.05) is 41.5 Å². The molecule has 0 heterocycles. The highest BCUT2D eigenvalue weighted by Gasteiger charge is 2.22. The molecule has 0 aromatic heterocycles. The zero-order chi connectivity index (χ0) is 15.2. The Balaban J connectivity index is 3.64. The summed E-state index contributed by atoms with van der Waals surface area (Å²) in [6.45, 7) is 18.5. The SMILES string of the molecule is CC(C)(C)CCC(C)(C)OCSCOCC(C)(C)C. The van der Waals surface area contributed by atoms with Gasteiger partial charge in [0.2, 0.25) is 0 Å². The molecular formula is C16H34O2S. The smallest absolute Gasteiger partial charge is 0.0950 e. The molecular weight excluding hydrogens is 256 g/mol. The molecule has 0 radical (unpaired) electrons. The molecule has 0 saturated heterocycles. The summed E-state index contributed by atoms with van der Waals surface area (Å²) in [4.78, 5) is 0. The minimum absolute atomic E-state index is 0.0374. The lowest BCUT2D eigenvalue weighted by Gasteiger charge is -2.29. The molecule has 0 aromatic carbocycles. The summed E-state index contributed by atoms with van der Waals surface area (Å²) in [5, 5.41) is 0. The van der Waals surface area contributed by atoms with Crippen LogP contribution in [0.2, 0.25) is 0 Å². The van der Waals surface area contributed by atoms with Crippen molar-refractivity contribution >= 4 is 11.8 Å². The second-order valence-electron chi connectivity index (χ2n) is 8.31. The number of thioether (sulfide) groups is 1. The Morgan fingerprint density at radius 3 is 1.79 bits per heavy atom. The van der Waals surface area contributed by atoms with E-state index < -0.39 is 0 Å². The predicted molar refractivity (Wildman–Crippen MR) is 86.6 cm³/mol. The van der Waals surface area contributed by atoms with Crippen molar-refractivity contribution < 1.29 is 9.47 Å². The van der Waals surface area contributed by atoms with Gasteiger partial charge in [-0.2, -0.15) is 0 Å².